The molecule has 1 amide bonds. The van der Waals surface area contributed by atoms with Crippen molar-refractivity contribution in [1.82, 2.24) is 9.29 Å². The average molecular weight is 345 g/mol. The van der Waals surface area contributed by atoms with Crippen LogP contribution in [-0.2, 0) is 14.8 Å². The van der Waals surface area contributed by atoms with E-state index in [4.69, 9.17) is 0 Å². The van der Waals surface area contributed by atoms with Crippen molar-refractivity contribution in [3.05, 3.63) is 54.9 Å². The van der Waals surface area contributed by atoms with Crippen molar-refractivity contribution in [1.29, 1.82) is 0 Å². The number of anilines is 1. The first kappa shape index (κ1) is 16.6. The molecule has 3 rings (SSSR count). The maximum Gasteiger partial charge on any atom is 0.243 e. The van der Waals surface area contributed by atoms with Gasteiger partial charge in [-0.3, -0.25) is 9.78 Å². The molecule has 7 heteroatoms. The maximum atomic E-state index is 12.6. The molecule has 0 bridgehead atoms. The molecule has 0 radical (unpaired) electrons. The van der Waals surface area contributed by atoms with Crippen LogP contribution < -0.4 is 5.32 Å². The summed E-state index contributed by atoms with van der Waals surface area (Å²) >= 11 is 0. The van der Waals surface area contributed by atoms with Crippen molar-refractivity contribution in [3.8, 4) is 0 Å². The number of piperidine rings is 1. The molecule has 2 heterocycles. The number of hydrogen-bond acceptors (Lipinski definition) is 4. The molecule has 6 nitrogen and oxygen atoms in total. The molecule has 1 fully saturated rings. The van der Waals surface area contributed by atoms with Crippen molar-refractivity contribution >= 4 is 21.6 Å². The first-order valence-corrected chi connectivity index (χ1v) is 9.27. The lowest BCUT2D eigenvalue weighted by molar-refractivity contribution is -0.120. The molecule has 1 aromatic heterocycles. The van der Waals surface area contributed by atoms with Crippen LogP contribution in [-0.4, -0.2) is 36.7 Å². The fourth-order valence-corrected chi connectivity index (χ4v) is 4.27. The highest BCUT2D eigenvalue weighted by atomic mass is 32.2. The fourth-order valence-electron chi connectivity index (χ4n) is 2.78. The van der Waals surface area contributed by atoms with E-state index in [1.807, 2.05) is 0 Å². The minimum absolute atomic E-state index is 0.0836. The zero-order valence-corrected chi connectivity index (χ0v) is 13.9. The monoisotopic (exact) mass is 345 g/mol. The van der Waals surface area contributed by atoms with Crippen LogP contribution in [0.25, 0.3) is 0 Å². The number of rotatable bonds is 4. The van der Waals surface area contributed by atoms with Gasteiger partial charge in [0.2, 0.25) is 15.9 Å². The van der Waals surface area contributed by atoms with Gasteiger partial charge in [0.15, 0.2) is 0 Å². The van der Waals surface area contributed by atoms with Gasteiger partial charge >= 0.3 is 0 Å². The van der Waals surface area contributed by atoms with Gasteiger partial charge in [0.1, 0.15) is 0 Å². The quantitative estimate of drug-likeness (QED) is 0.920. The molecule has 126 valence electrons. The number of pyridine rings is 1. The summed E-state index contributed by atoms with van der Waals surface area (Å²) in [4.78, 5) is 16.5. The highest BCUT2D eigenvalue weighted by Crippen LogP contribution is 2.24. The largest absolute Gasteiger partial charge is 0.324 e. The van der Waals surface area contributed by atoms with Gasteiger partial charge in [-0.05, 0) is 37.1 Å². The summed E-state index contributed by atoms with van der Waals surface area (Å²) in [5, 5.41) is 2.83. The van der Waals surface area contributed by atoms with Gasteiger partial charge in [0.05, 0.1) is 16.8 Å². The number of benzene rings is 1. The highest BCUT2D eigenvalue weighted by Gasteiger charge is 2.31. The number of hydrogen-bond donors (Lipinski definition) is 1. The third-order valence-corrected chi connectivity index (χ3v) is 6.05. The van der Waals surface area contributed by atoms with E-state index in [-0.39, 0.29) is 11.8 Å². The van der Waals surface area contributed by atoms with Gasteiger partial charge in [-0.1, -0.05) is 18.2 Å². The molecule has 24 heavy (non-hydrogen) atoms. The van der Waals surface area contributed by atoms with E-state index < -0.39 is 10.0 Å². The van der Waals surface area contributed by atoms with Gasteiger partial charge in [-0.25, -0.2) is 8.42 Å². The van der Waals surface area contributed by atoms with Gasteiger partial charge in [0.25, 0.3) is 0 Å². The van der Waals surface area contributed by atoms with E-state index in [2.05, 4.69) is 10.3 Å². The van der Waals surface area contributed by atoms with E-state index in [1.165, 1.54) is 4.31 Å². The summed E-state index contributed by atoms with van der Waals surface area (Å²) in [6, 6.07) is 11.9. The van der Waals surface area contributed by atoms with Crippen molar-refractivity contribution in [3.63, 3.8) is 0 Å². The van der Waals surface area contributed by atoms with E-state index in [0.717, 1.165) is 0 Å². The minimum Gasteiger partial charge on any atom is -0.324 e. The van der Waals surface area contributed by atoms with Crippen molar-refractivity contribution in [2.45, 2.75) is 17.7 Å². The number of nitrogens with one attached hydrogen (secondary N) is 1. The van der Waals surface area contributed by atoms with Crippen molar-refractivity contribution in [2.24, 2.45) is 5.92 Å². The summed E-state index contributed by atoms with van der Waals surface area (Å²) in [5.41, 5.74) is 0.654. The second-order valence-electron chi connectivity index (χ2n) is 5.72. The summed E-state index contributed by atoms with van der Waals surface area (Å²) in [6.07, 6.45) is 4.26. The summed E-state index contributed by atoms with van der Waals surface area (Å²) < 4.78 is 26.6. The number of sulfonamides is 1. The lowest BCUT2D eigenvalue weighted by atomic mass is 9.97. The Bertz CT molecular complexity index is 786. The summed E-state index contributed by atoms with van der Waals surface area (Å²) in [6.45, 7) is 0.699. The van der Waals surface area contributed by atoms with Crippen LogP contribution in [0.3, 0.4) is 0 Å². The lowest BCUT2D eigenvalue weighted by Crippen LogP contribution is -2.41. The molecule has 0 atom stereocenters. The molecule has 1 aliphatic rings. The molecule has 0 aliphatic carbocycles. The van der Waals surface area contributed by atoms with Crippen LogP contribution in [0.15, 0.2) is 59.8 Å². The minimum atomic E-state index is -3.48. The Labute approximate surface area is 141 Å². The molecule has 0 unspecified atom stereocenters. The predicted octanol–water partition coefficient (Wildman–Crippen LogP) is 2.12. The summed E-state index contributed by atoms with van der Waals surface area (Å²) in [7, 11) is -3.48. The van der Waals surface area contributed by atoms with Crippen LogP contribution in [0.1, 0.15) is 12.8 Å². The standard InChI is InChI=1S/C17H19N3O3S/c21-17(19-15-5-4-10-18-13-15)14-8-11-20(12-9-14)24(22,23)16-6-2-1-3-7-16/h1-7,10,13-14H,8-9,11-12H2,(H,19,21). The Morgan fingerprint density at radius 3 is 2.42 bits per heavy atom. The molecule has 2 aromatic rings. The van der Waals surface area contributed by atoms with E-state index in [0.29, 0.717) is 36.5 Å². The number of amides is 1. The van der Waals surface area contributed by atoms with E-state index in [1.54, 1.807) is 54.9 Å². The second-order valence-corrected chi connectivity index (χ2v) is 7.66. The molecule has 0 spiro atoms. The first-order valence-electron chi connectivity index (χ1n) is 7.83. The van der Waals surface area contributed by atoms with E-state index in [9.17, 15) is 13.2 Å². The topological polar surface area (TPSA) is 79.4 Å². The predicted molar refractivity (Wildman–Crippen MR) is 90.8 cm³/mol. The highest BCUT2D eigenvalue weighted by molar-refractivity contribution is 7.89. The molecule has 1 aromatic carbocycles. The Morgan fingerprint density at radius 2 is 1.79 bits per heavy atom. The van der Waals surface area contributed by atoms with Gasteiger partial charge in [-0.15, -0.1) is 0 Å². The normalized spacial score (nSPS) is 16.7. The van der Waals surface area contributed by atoms with Crippen LogP contribution >= 0.6 is 0 Å². The van der Waals surface area contributed by atoms with Gasteiger partial charge < -0.3 is 5.32 Å². The van der Waals surface area contributed by atoms with Crippen molar-refractivity contribution < 1.29 is 13.2 Å². The van der Waals surface area contributed by atoms with Crippen LogP contribution in [0.5, 0.6) is 0 Å². The third-order valence-electron chi connectivity index (χ3n) is 4.13. The molecule has 1 saturated heterocycles. The Kier molecular flexibility index (Phi) is 4.92. The Morgan fingerprint density at radius 1 is 1.08 bits per heavy atom. The van der Waals surface area contributed by atoms with Crippen LogP contribution in [0, 0.1) is 5.92 Å². The molecule has 1 N–H and O–H groups in total. The average Bonchev–Trinajstić information content (AvgIpc) is 2.63. The Balaban J connectivity index is 1.61. The van der Waals surface area contributed by atoms with Crippen LogP contribution in [0.2, 0.25) is 0 Å². The van der Waals surface area contributed by atoms with Gasteiger partial charge in [-0.2, -0.15) is 4.31 Å². The third kappa shape index (κ3) is 3.63. The Hall–Kier alpha value is -2.25. The molecular formula is C17H19N3O3S. The first-order chi connectivity index (χ1) is 11.6. The zero-order valence-electron chi connectivity index (χ0n) is 13.1. The van der Waals surface area contributed by atoms with Gasteiger partial charge in [0, 0.05) is 25.2 Å². The van der Waals surface area contributed by atoms with Crippen LogP contribution in [0.4, 0.5) is 5.69 Å². The molecule has 0 saturated carbocycles. The lowest BCUT2D eigenvalue weighted by Gasteiger charge is -2.30. The number of nitrogens with zero attached hydrogens (tertiary/aromatic N) is 2. The molecule has 1 aliphatic heterocycles. The van der Waals surface area contributed by atoms with E-state index >= 15 is 0 Å². The number of carbonyl (C=O) groups is 1. The number of aromatic nitrogens is 1. The maximum absolute atomic E-state index is 12.6. The zero-order chi connectivity index (χ0) is 17.0. The second kappa shape index (κ2) is 7.11. The smallest absolute Gasteiger partial charge is 0.243 e. The number of carbonyl (C=O) groups excluding carboxylic acids is 1. The fraction of sp³-hybridized carbons (Fsp3) is 0.294. The SMILES string of the molecule is O=C(Nc1cccnc1)C1CCN(S(=O)(=O)c2ccccc2)CC1. The summed E-state index contributed by atoms with van der Waals surface area (Å²) in [5.74, 6) is -0.271. The molecular weight excluding hydrogens is 326 g/mol. The van der Waals surface area contributed by atoms with Crippen molar-refractivity contribution in [2.75, 3.05) is 18.4 Å².